The smallest absolute Gasteiger partial charge is 0.00713 e. The molecule has 1 aliphatic rings. The summed E-state index contributed by atoms with van der Waals surface area (Å²) >= 11 is 0. The van der Waals surface area contributed by atoms with E-state index >= 15 is 0 Å². The van der Waals surface area contributed by atoms with E-state index in [-0.39, 0.29) is 0 Å². The quantitative estimate of drug-likeness (QED) is 0.562. The molecule has 0 bridgehead atoms. The molecular formula is C13H28S. The highest BCUT2D eigenvalue weighted by molar-refractivity contribution is 8.34. The van der Waals surface area contributed by atoms with Crippen LogP contribution in [0.5, 0.6) is 0 Å². The Bertz CT molecular complexity index is 184. The Morgan fingerprint density at radius 3 is 1.93 bits per heavy atom. The van der Waals surface area contributed by atoms with Crippen LogP contribution >= 0.6 is 10.0 Å². The van der Waals surface area contributed by atoms with E-state index in [1.807, 2.05) is 13.8 Å². The standard InChI is InChI=1S/C11H22S.C2H6/c1-11(2,3)12(4,5)10-8-6-7-9-10;1-2/h6,8,10H,7,9H2,1-5H3;1-2H3. The summed E-state index contributed by atoms with van der Waals surface area (Å²) in [5, 5.41) is 0.873. The van der Waals surface area contributed by atoms with Gasteiger partial charge in [0.05, 0.1) is 0 Å². The second kappa shape index (κ2) is 5.25. The van der Waals surface area contributed by atoms with E-state index in [9.17, 15) is 0 Å². The van der Waals surface area contributed by atoms with Crippen molar-refractivity contribution in [1.29, 1.82) is 0 Å². The van der Waals surface area contributed by atoms with E-state index in [4.69, 9.17) is 0 Å². The van der Waals surface area contributed by atoms with Crippen molar-refractivity contribution in [3.05, 3.63) is 12.2 Å². The summed E-state index contributed by atoms with van der Waals surface area (Å²) in [6.07, 6.45) is 12.4. The van der Waals surface area contributed by atoms with Gasteiger partial charge < -0.3 is 0 Å². The van der Waals surface area contributed by atoms with Crippen LogP contribution in [0.15, 0.2) is 12.2 Å². The van der Waals surface area contributed by atoms with Gasteiger partial charge >= 0.3 is 0 Å². The summed E-state index contributed by atoms with van der Waals surface area (Å²) in [6, 6.07) is 0. The fourth-order valence-electron chi connectivity index (χ4n) is 1.55. The highest BCUT2D eigenvalue weighted by Gasteiger charge is 2.34. The first-order valence-electron chi connectivity index (χ1n) is 5.74. The van der Waals surface area contributed by atoms with Gasteiger partial charge in [0.15, 0.2) is 0 Å². The lowest BCUT2D eigenvalue weighted by Crippen LogP contribution is -2.30. The van der Waals surface area contributed by atoms with E-state index in [0.29, 0.717) is 4.75 Å². The van der Waals surface area contributed by atoms with Crippen LogP contribution in [0.2, 0.25) is 0 Å². The van der Waals surface area contributed by atoms with Crippen molar-refractivity contribution in [2.45, 2.75) is 57.5 Å². The molecule has 0 radical (unpaired) electrons. The number of allylic oxidation sites excluding steroid dienone is 1. The lowest BCUT2D eigenvalue weighted by Gasteiger charge is -2.48. The molecule has 0 saturated carbocycles. The zero-order chi connectivity index (χ0) is 11.4. The Hall–Kier alpha value is 0.0900. The van der Waals surface area contributed by atoms with E-state index in [0.717, 1.165) is 5.25 Å². The summed E-state index contributed by atoms with van der Waals surface area (Å²) in [5.74, 6) is 0. The third kappa shape index (κ3) is 3.05. The molecular weight excluding hydrogens is 188 g/mol. The van der Waals surface area contributed by atoms with Gasteiger partial charge in [-0.15, -0.1) is 0 Å². The summed E-state index contributed by atoms with van der Waals surface area (Å²) < 4.78 is 0.492. The topological polar surface area (TPSA) is 0 Å². The predicted molar refractivity (Wildman–Crippen MR) is 72.7 cm³/mol. The first kappa shape index (κ1) is 14.1. The molecule has 0 spiro atoms. The SMILES string of the molecule is CC.CC(C)(C)S(C)(C)C1C=CCC1. The fourth-order valence-corrected chi connectivity index (χ4v) is 3.69. The molecule has 0 nitrogen and oxygen atoms in total. The van der Waals surface area contributed by atoms with Crippen molar-refractivity contribution in [1.82, 2.24) is 0 Å². The van der Waals surface area contributed by atoms with Crippen LogP contribution in [0.3, 0.4) is 0 Å². The maximum Gasteiger partial charge on any atom is 0.00713 e. The van der Waals surface area contributed by atoms with Crippen molar-refractivity contribution in [3.63, 3.8) is 0 Å². The van der Waals surface area contributed by atoms with Crippen LogP contribution in [0, 0.1) is 0 Å². The second-order valence-corrected chi connectivity index (χ2v) is 9.70. The van der Waals surface area contributed by atoms with Crippen LogP contribution in [0.1, 0.15) is 47.5 Å². The molecule has 1 atom stereocenters. The van der Waals surface area contributed by atoms with Gasteiger partial charge in [-0.1, -0.05) is 46.8 Å². The molecule has 0 amide bonds. The van der Waals surface area contributed by atoms with Gasteiger partial charge in [0, 0.05) is 5.25 Å². The number of hydrogen-bond acceptors (Lipinski definition) is 0. The maximum absolute atomic E-state index is 2.48. The van der Waals surface area contributed by atoms with Gasteiger partial charge in [-0.2, -0.15) is 0 Å². The average molecular weight is 216 g/mol. The Kier molecular flexibility index (Phi) is 5.28. The van der Waals surface area contributed by atoms with Gasteiger partial charge in [0.25, 0.3) is 0 Å². The van der Waals surface area contributed by atoms with Crippen LogP contribution < -0.4 is 0 Å². The minimum Gasteiger partial charge on any atom is -0.236 e. The molecule has 0 N–H and O–H groups in total. The van der Waals surface area contributed by atoms with Gasteiger partial charge in [-0.05, 0) is 30.1 Å². The first-order chi connectivity index (χ1) is 6.36. The van der Waals surface area contributed by atoms with Gasteiger partial charge in [0.2, 0.25) is 0 Å². The predicted octanol–water partition coefficient (Wildman–Crippen LogP) is 4.59. The highest BCUT2D eigenvalue weighted by Crippen LogP contribution is 2.59. The Morgan fingerprint density at radius 1 is 1.14 bits per heavy atom. The molecule has 0 aromatic heterocycles. The third-order valence-corrected chi connectivity index (χ3v) is 8.37. The molecule has 0 fully saturated rings. The summed E-state index contributed by atoms with van der Waals surface area (Å²) in [5.41, 5.74) is 0. The van der Waals surface area contributed by atoms with Crippen LogP contribution in [-0.4, -0.2) is 22.5 Å². The maximum atomic E-state index is 2.48. The Labute approximate surface area is 92.5 Å². The number of rotatable bonds is 1. The van der Waals surface area contributed by atoms with Gasteiger partial charge in [0.1, 0.15) is 0 Å². The van der Waals surface area contributed by atoms with Crippen molar-refractivity contribution < 1.29 is 0 Å². The Morgan fingerprint density at radius 2 is 1.64 bits per heavy atom. The summed E-state index contributed by atoms with van der Waals surface area (Å²) in [7, 11) is -0.463. The molecule has 0 aromatic rings. The zero-order valence-electron chi connectivity index (χ0n) is 11.1. The zero-order valence-corrected chi connectivity index (χ0v) is 11.9. The highest BCUT2D eigenvalue weighted by atomic mass is 32.3. The molecule has 0 aliphatic heterocycles. The molecule has 1 aliphatic carbocycles. The van der Waals surface area contributed by atoms with E-state index in [1.54, 1.807) is 0 Å². The molecule has 1 rings (SSSR count). The monoisotopic (exact) mass is 216 g/mol. The molecule has 86 valence electrons. The van der Waals surface area contributed by atoms with Crippen molar-refractivity contribution in [3.8, 4) is 0 Å². The Balaban J connectivity index is 0.000000791. The first-order valence-corrected chi connectivity index (χ1v) is 8.25. The average Bonchev–Trinajstić information content (AvgIpc) is 2.58. The fraction of sp³-hybridized carbons (Fsp3) is 0.846. The minimum atomic E-state index is -0.463. The van der Waals surface area contributed by atoms with E-state index in [2.05, 4.69) is 45.4 Å². The molecule has 0 aromatic carbocycles. The summed E-state index contributed by atoms with van der Waals surface area (Å²) in [6.45, 7) is 11.2. The van der Waals surface area contributed by atoms with Crippen molar-refractivity contribution >= 4 is 10.0 Å². The molecule has 0 heterocycles. The van der Waals surface area contributed by atoms with Crippen LogP contribution in [0.25, 0.3) is 0 Å². The minimum absolute atomic E-state index is 0.463. The summed E-state index contributed by atoms with van der Waals surface area (Å²) in [4.78, 5) is 0. The van der Waals surface area contributed by atoms with Crippen LogP contribution in [-0.2, 0) is 0 Å². The molecule has 1 heteroatoms. The molecule has 14 heavy (non-hydrogen) atoms. The van der Waals surface area contributed by atoms with Crippen LogP contribution in [0.4, 0.5) is 0 Å². The van der Waals surface area contributed by atoms with Crippen molar-refractivity contribution in [2.75, 3.05) is 12.5 Å². The second-order valence-electron chi connectivity index (χ2n) is 5.06. The molecule has 0 saturated heterocycles. The molecule has 1 unspecified atom stereocenters. The lowest BCUT2D eigenvalue weighted by molar-refractivity contribution is 0.772. The van der Waals surface area contributed by atoms with E-state index in [1.165, 1.54) is 12.8 Å². The lowest BCUT2D eigenvalue weighted by atomic mass is 10.3. The number of hydrogen-bond donors (Lipinski definition) is 0. The van der Waals surface area contributed by atoms with Gasteiger partial charge in [-0.3, -0.25) is 0 Å². The normalized spacial score (nSPS) is 22.9. The van der Waals surface area contributed by atoms with Crippen molar-refractivity contribution in [2.24, 2.45) is 0 Å². The largest absolute Gasteiger partial charge is 0.236 e. The third-order valence-electron chi connectivity index (χ3n) is 3.30. The van der Waals surface area contributed by atoms with Gasteiger partial charge in [-0.25, -0.2) is 10.0 Å². The van der Waals surface area contributed by atoms with E-state index < -0.39 is 10.0 Å².